The number of primary amides is 1. The van der Waals surface area contributed by atoms with E-state index in [9.17, 15) is 19.5 Å². The van der Waals surface area contributed by atoms with Gasteiger partial charge >= 0.3 is 0 Å². The lowest BCUT2D eigenvalue weighted by Crippen LogP contribution is -2.37. The van der Waals surface area contributed by atoms with Crippen molar-refractivity contribution in [3.63, 3.8) is 0 Å². The molecule has 0 unspecified atom stereocenters. The highest BCUT2D eigenvalue weighted by Gasteiger charge is 2.23. The predicted molar refractivity (Wildman–Crippen MR) is 68.1 cm³/mol. The van der Waals surface area contributed by atoms with E-state index < -0.39 is 35.4 Å². The molecule has 0 bridgehead atoms. The summed E-state index contributed by atoms with van der Waals surface area (Å²) in [6, 6.07) is 6.05. The molecule has 1 aromatic carbocycles. The van der Waals surface area contributed by atoms with Crippen molar-refractivity contribution in [3.8, 4) is 5.75 Å². The molecule has 1 heterocycles. The Labute approximate surface area is 107 Å². The number of fused-ring (bicyclic) bond motifs is 1. The first kappa shape index (κ1) is 12.8. The number of aromatic nitrogens is 1. The van der Waals surface area contributed by atoms with Crippen molar-refractivity contribution in [3.05, 3.63) is 40.3 Å². The molecule has 1 amide bonds. The number of benzene rings is 1. The van der Waals surface area contributed by atoms with Crippen LogP contribution in [0, 0.1) is 0 Å². The molecular formula is C12H11N3O4. The second kappa shape index (κ2) is 4.54. The molecule has 5 N–H and O–H groups in total. The Hall–Kier alpha value is -2.67. The Balaban J connectivity index is 3.05. The molecule has 2 rings (SSSR count). The molecule has 2 aromatic rings. The van der Waals surface area contributed by atoms with Crippen LogP contribution in [0.3, 0.4) is 0 Å². The maximum atomic E-state index is 12.2. The zero-order chi connectivity index (χ0) is 14.2. The fourth-order valence-electron chi connectivity index (χ4n) is 1.89. The van der Waals surface area contributed by atoms with Crippen LogP contribution in [0.15, 0.2) is 29.1 Å². The van der Waals surface area contributed by atoms with Crippen LogP contribution in [0.5, 0.6) is 5.75 Å². The van der Waals surface area contributed by atoms with E-state index in [-0.39, 0.29) is 10.8 Å². The van der Waals surface area contributed by atoms with E-state index in [0.29, 0.717) is 4.57 Å². The summed E-state index contributed by atoms with van der Waals surface area (Å²) >= 11 is 0. The van der Waals surface area contributed by atoms with Gasteiger partial charge < -0.3 is 16.6 Å². The fourth-order valence-corrected chi connectivity index (χ4v) is 1.89. The van der Waals surface area contributed by atoms with Gasteiger partial charge in [-0.1, -0.05) is 18.2 Å². The molecule has 0 saturated carbocycles. The maximum Gasteiger partial charge on any atom is 0.269 e. The average molecular weight is 261 g/mol. The molecule has 0 saturated heterocycles. The van der Waals surface area contributed by atoms with Crippen LogP contribution in [0.1, 0.15) is 15.3 Å². The van der Waals surface area contributed by atoms with Crippen LogP contribution in [-0.4, -0.2) is 28.0 Å². The van der Waals surface area contributed by atoms with Gasteiger partial charge in [-0.05, 0) is 6.07 Å². The van der Waals surface area contributed by atoms with Gasteiger partial charge in [0.2, 0.25) is 5.91 Å². The highest BCUT2D eigenvalue weighted by Crippen LogP contribution is 2.25. The molecule has 0 aliphatic heterocycles. The Morgan fingerprint density at radius 1 is 1.21 bits per heavy atom. The second-order valence-corrected chi connectivity index (χ2v) is 3.85. The van der Waals surface area contributed by atoms with E-state index in [2.05, 4.69) is 0 Å². The van der Waals surface area contributed by atoms with Gasteiger partial charge in [0.25, 0.3) is 11.5 Å². The summed E-state index contributed by atoms with van der Waals surface area (Å²) in [5.41, 5.74) is 9.01. The monoisotopic (exact) mass is 261 g/mol. The summed E-state index contributed by atoms with van der Waals surface area (Å²) in [5.74, 6) is -2.41. The first-order valence-corrected chi connectivity index (χ1v) is 5.38. The first-order chi connectivity index (χ1) is 8.99. The Kier molecular flexibility index (Phi) is 3.05. The van der Waals surface area contributed by atoms with E-state index in [1.165, 1.54) is 12.1 Å². The minimum Gasteiger partial charge on any atom is -0.505 e. The minimum atomic E-state index is -1.08. The highest BCUT2D eigenvalue weighted by molar-refractivity contribution is 6.04. The molecule has 1 aromatic heterocycles. The number of hydrogen-bond donors (Lipinski definition) is 3. The molecular weight excluding hydrogens is 250 g/mol. The van der Waals surface area contributed by atoms with Crippen molar-refractivity contribution in [1.82, 2.24) is 4.57 Å². The van der Waals surface area contributed by atoms with Crippen molar-refractivity contribution in [2.24, 2.45) is 11.5 Å². The van der Waals surface area contributed by atoms with Crippen molar-refractivity contribution in [1.29, 1.82) is 0 Å². The van der Waals surface area contributed by atoms with Crippen molar-refractivity contribution >= 4 is 22.6 Å². The summed E-state index contributed by atoms with van der Waals surface area (Å²) in [4.78, 5) is 35.2. The summed E-state index contributed by atoms with van der Waals surface area (Å²) in [7, 11) is 0. The fraction of sp³-hybridized carbons (Fsp3) is 0.0833. The average Bonchev–Trinajstić information content (AvgIpc) is 2.41. The van der Waals surface area contributed by atoms with Gasteiger partial charge in [0, 0.05) is 5.39 Å². The standard InChI is InChI=1S/C12H11N3O4/c13-5-8(16)15-9(11(14)18)10(17)6-3-1-2-4-7(6)12(15)19/h1-4,17H,5,13H2,(H2,14,18). The topological polar surface area (TPSA) is 128 Å². The lowest BCUT2D eigenvalue weighted by Gasteiger charge is -2.12. The number of aromatic hydroxyl groups is 1. The van der Waals surface area contributed by atoms with Crippen LogP contribution < -0.4 is 17.0 Å². The second-order valence-electron chi connectivity index (χ2n) is 3.85. The quantitative estimate of drug-likeness (QED) is 0.665. The SMILES string of the molecule is NCC(=O)n1c(C(N)=O)c(O)c2ccccc2c1=O. The Morgan fingerprint density at radius 3 is 2.32 bits per heavy atom. The number of rotatable bonds is 2. The van der Waals surface area contributed by atoms with Gasteiger partial charge in [0.05, 0.1) is 11.9 Å². The number of nitrogens with zero attached hydrogens (tertiary/aromatic N) is 1. The third-order valence-corrected chi connectivity index (χ3v) is 2.72. The number of hydrogen-bond acceptors (Lipinski definition) is 5. The van der Waals surface area contributed by atoms with Gasteiger partial charge in [-0.15, -0.1) is 0 Å². The van der Waals surface area contributed by atoms with Crippen LogP contribution in [0.4, 0.5) is 0 Å². The predicted octanol–water partition coefficient (Wildman–Crippen LogP) is -0.595. The lowest BCUT2D eigenvalue weighted by molar-refractivity contribution is 0.0888. The number of pyridine rings is 1. The Morgan fingerprint density at radius 2 is 1.79 bits per heavy atom. The molecule has 98 valence electrons. The van der Waals surface area contributed by atoms with Crippen molar-refractivity contribution in [2.75, 3.05) is 6.54 Å². The number of nitrogens with two attached hydrogens (primary N) is 2. The number of carbonyl (C=O) groups excluding carboxylic acids is 2. The summed E-state index contributed by atoms with van der Waals surface area (Å²) in [5, 5.41) is 10.3. The molecule has 7 nitrogen and oxygen atoms in total. The normalized spacial score (nSPS) is 10.6. The summed E-state index contributed by atoms with van der Waals surface area (Å²) in [6.45, 7) is -0.488. The lowest BCUT2D eigenvalue weighted by atomic mass is 10.1. The van der Waals surface area contributed by atoms with Gasteiger partial charge in [-0.3, -0.25) is 14.4 Å². The summed E-state index contributed by atoms with van der Waals surface area (Å²) < 4.78 is 0.514. The zero-order valence-electron chi connectivity index (χ0n) is 9.79. The van der Waals surface area contributed by atoms with E-state index in [0.717, 1.165) is 0 Å². The number of amides is 1. The molecule has 0 atom stereocenters. The molecule has 0 radical (unpaired) electrons. The summed E-state index contributed by atoms with van der Waals surface area (Å²) in [6.07, 6.45) is 0. The molecule has 7 heteroatoms. The smallest absolute Gasteiger partial charge is 0.269 e. The Bertz CT molecular complexity index is 748. The minimum absolute atomic E-state index is 0.104. The third-order valence-electron chi connectivity index (χ3n) is 2.72. The van der Waals surface area contributed by atoms with Crippen LogP contribution >= 0.6 is 0 Å². The maximum absolute atomic E-state index is 12.2. The molecule has 0 fully saturated rings. The molecule has 0 spiro atoms. The van der Waals surface area contributed by atoms with Gasteiger partial charge in [-0.2, -0.15) is 0 Å². The van der Waals surface area contributed by atoms with E-state index >= 15 is 0 Å². The number of carbonyl (C=O) groups is 2. The van der Waals surface area contributed by atoms with Gasteiger partial charge in [0.1, 0.15) is 0 Å². The third kappa shape index (κ3) is 1.85. The first-order valence-electron chi connectivity index (χ1n) is 5.38. The molecule has 0 aliphatic carbocycles. The molecule has 0 aliphatic rings. The van der Waals surface area contributed by atoms with E-state index in [1.54, 1.807) is 12.1 Å². The van der Waals surface area contributed by atoms with Crippen molar-refractivity contribution in [2.45, 2.75) is 0 Å². The van der Waals surface area contributed by atoms with Crippen LogP contribution in [-0.2, 0) is 0 Å². The largest absolute Gasteiger partial charge is 0.505 e. The van der Waals surface area contributed by atoms with Crippen LogP contribution in [0.2, 0.25) is 0 Å². The van der Waals surface area contributed by atoms with Gasteiger partial charge in [0.15, 0.2) is 11.4 Å². The highest BCUT2D eigenvalue weighted by atomic mass is 16.3. The van der Waals surface area contributed by atoms with Crippen molar-refractivity contribution < 1.29 is 14.7 Å². The van der Waals surface area contributed by atoms with Gasteiger partial charge in [-0.25, -0.2) is 4.57 Å². The zero-order valence-corrected chi connectivity index (χ0v) is 9.79. The van der Waals surface area contributed by atoms with E-state index in [1.807, 2.05) is 0 Å². The van der Waals surface area contributed by atoms with E-state index in [4.69, 9.17) is 11.5 Å². The van der Waals surface area contributed by atoms with Crippen LogP contribution in [0.25, 0.3) is 10.8 Å². The molecule has 19 heavy (non-hydrogen) atoms.